The Labute approximate surface area is 158 Å². The molecule has 138 valence electrons. The lowest BCUT2D eigenvalue weighted by Crippen LogP contribution is -2.39. The van der Waals surface area contributed by atoms with Crippen molar-refractivity contribution in [1.82, 2.24) is 4.83 Å². The van der Waals surface area contributed by atoms with Crippen LogP contribution >= 0.6 is 19.8 Å². The van der Waals surface area contributed by atoms with Crippen LogP contribution in [0.4, 0.5) is 0 Å². The summed E-state index contributed by atoms with van der Waals surface area (Å²) in [6.07, 6.45) is -0.307. The molecule has 8 heteroatoms. The highest BCUT2D eigenvalue weighted by Gasteiger charge is 2.44. The number of carbonyl (C=O) groups excluding carboxylic acids is 1. The highest BCUT2D eigenvalue weighted by molar-refractivity contribution is 7.36. The first-order valence-corrected chi connectivity index (χ1v) is 9.51. The fourth-order valence-electron chi connectivity index (χ4n) is 1.89. The van der Waals surface area contributed by atoms with E-state index in [1.807, 2.05) is 6.07 Å². The third kappa shape index (κ3) is 5.99. The van der Waals surface area contributed by atoms with Crippen LogP contribution in [0, 0.1) is 0 Å². The van der Waals surface area contributed by atoms with Crippen molar-refractivity contribution < 1.29 is 23.5 Å². The number of nitrogens with zero attached hydrogens (tertiary/aromatic N) is 1. The predicted molar refractivity (Wildman–Crippen MR) is 99.3 cm³/mol. The van der Waals surface area contributed by atoms with Crippen molar-refractivity contribution in [3.8, 4) is 11.5 Å². The highest BCUT2D eigenvalue weighted by atomic mass is 35.5. The number of rotatable bonds is 8. The van der Waals surface area contributed by atoms with Gasteiger partial charge in [-0.1, -0.05) is 29.8 Å². The van der Waals surface area contributed by atoms with Crippen LogP contribution in [0.15, 0.2) is 54.6 Å². The zero-order valence-electron chi connectivity index (χ0n) is 14.7. The Kier molecular flexibility index (Phi) is 7.39. The number of hydroxylamine groups is 1. The minimum absolute atomic E-state index is 0.307. The maximum Gasteiger partial charge on any atom is 0.703 e. The number of para-hydroxylation sites is 1. The number of ether oxygens (including phenoxy) is 1. The molecule has 2 atom stereocenters. The van der Waals surface area contributed by atoms with Gasteiger partial charge in [0.15, 0.2) is 17.5 Å². The normalized spacial score (nSPS) is 12.6. The SMILES string of the molecule is CC(C)OC(=O)C(C)N(Oc1ccccc1)[P+](=O)Oc1ccc(Cl)cc1. The van der Waals surface area contributed by atoms with Gasteiger partial charge in [0.2, 0.25) is 0 Å². The van der Waals surface area contributed by atoms with Crippen LogP contribution < -0.4 is 9.36 Å². The van der Waals surface area contributed by atoms with Crippen molar-refractivity contribution in [2.75, 3.05) is 0 Å². The second-order valence-electron chi connectivity index (χ2n) is 5.65. The average molecular weight is 397 g/mol. The largest absolute Gasteiger partial charge is 0.703 e. The number of carbonyl (C=O) groups is 1. The van der Waals surface area contributed by atoms with Crippen LogP contribution in [0.1, 0.15) is 20.8 Å². The number of hydrogen-bond donors (Lipinski definition) is 0. The van der Waals surface area contributed by atoms with Crippen LogP contribution in [0.25, 0.3) is 0 Å². The third-order valence-electron chi connectivity index (χ3n) is 3.12. The number of halogens is 1. The smallest absolute Gasteiger partial charge is 0.462 e. The topological polar surface area (TPSA) is 65.1 Å². The predicted octanol–water partition coefficient (Wildman–Crippen LogP) is 5.01. The molecule has 2 unspecified atom stereocenters. The summed E-state index contributed by atoms with van der Waals surface area (Å²) in [5, 5.41) is 0.527. The van der Waals surface area contributed by atoms with E-state index in [0.717, 1.165) is 4.83 Å². The molecule has 0 aliphatic heterocycles. The second kappa shape index (κ2) is 9.53. The van der Waals surface area contributed by atoms with Crippen molar-refractivity contribution in [3.05, 3.63) is 59.6 Å². The summed E-state index contributed by atoms with van der Waals surface area (Å²) in [6.45, 7) is 5.00. The molecule has 0 saturated carbocycles. The van der Waals surface area contributed by atoms with Crippen molar-refractivity contribution in [1.29, 1.82) is 0 Å². The van der Waals surface area contributed by atoms with Crippen LogP contribution in [-0.4, -0.2) is 22.9 Å². The van der Waals surface area contributed by atoms with E-state index in [1.54, 1.807) is 62.4 Å². The van der Waals surface area contributed by atoms with Gasteiger partial charge in [-0.15, -0.1) is 0 Å². The quantitative estimate of drug-likeness (QED) is 0.355. The minimum Gasteiger partial charge on any atom is -0.462 e. The molecule has 0 spiro atoms. The Morgan fingerprint density at radius 1 is 1.00 bits per heavy atom. The highest BCUT2D eigenvalue weighted by Crippen LogP contribution is 2.35. The first-order chi connectivity index (χ1) is 12.4. The molecule has 2 rings (SSSR count). The van der Waals surface area contributed by atoms with E-state index >= 15 is 0 Å². The van der Waals surface area contributed by atoms with Crippen molar-refractivity contribution in [2.24, 2.45) is 0 Å². The molecule has 0 saturated heterocycles. The molecule has 0 aliphatic rings. The first-order valence-electron chi connectivity index (χ1n) is 8.00. The van der Waals surface area contributed by atoms with Gasteiger partial charge < -0.3 is 9.57 Å². The molecule has 0 radical (unpaired) electrons. The molecular formula is C18H20ClNO5P+. The van der Waals surface area contributed by atoms with E-state index < -0.39 is 20.2 Å². The number of esters is 1. The molecule has 2 aromatic rings. The summed E-state index contributed by atoms with van der Waals surface area (Å²) in [6, 6.07) is 14.1. The Bertz CT molecular complexity index is 739. The summed E-state index contributed by atoms with van der Waals surface area (Å²) in [7, 11) is -2.53. The number of hydrogen-bond acceptors (Lipinski definition) is 5. The maximum absolute atomic E-state index is 12.7. The zero-order valence-corrected chi connectivity index (χ0v) is 16.3. The van der Waals surface area contributed by atoms with Crippen LogP contribution in [0.5, 0.6) is 11.5 Å². The minimum atomic E-state index is -2.53. The molecule has 0 fully saturated rings. The van der Waals surface area contributed by atoms with Crippen LogP contribution in [0.2, 0.25) is 5.02 Å². The van der Waals surface area contributed by atoms with Crippen molar-refractivity contribution in [2.45, 2.75) is 32.9 Å². The van der Waals surface area contributed by atoms with E-state index in [9.17, 15) is 9.36 Å². The van der Waals surface area contributed by atoms with Crippen LogP contribution in [0.3, 0.4) is 0 Å². The lowest BCUT2D eigenvalue weighted by atomic mass is 10.3. The van der Waals surface area contributed by atoms with E-state index in [2.05, 4.69) is 0 Å². The fourth-order valence-corrected chi connectivity index (χ4v) is 2.94. The Morgan fingerprint density at radius 2 is 1.62 bits per heavy atom. The fraction of sp³-hybridized carbons (Fsp3) is 0.278. The zero-order chi connectivity index (χ0) is 19.1. The van der Waals surface area contributed by atoms with Gasteiger partial charge in [-0.3, -0.25) is 4.79 Å². The molecule has 0 heterocycles. The average Bonchev–Trinajstić information content (AvgIpc) is 2.61. The Balaban J connectivity index is 2.19. The maximum atomic E-state index is 12.7. The lowest BCUT2D eigenvalue weighted by Gasteiger charge is -2.18. The molecule has 6 nitrogen and oxygen atoms in total. The molecule has 2 aromatic carbocycles. The van der Waals surface area contributed by atoms with Gasteiger partial charge in [0.25, 0.3) is 0 Å². The van der Waals surface area contributed by atoms with E-state index in [0.29, 0.717) is 16.5 Å². The molecule has 26 heavy (non-hydrogen) atoms. The first kappa shape index (κ1) is 20.2. The van der Waals surface area contributed by atoms with E-state index in [4.69, 9.17) is 25.7 Å². The monoisotopic (exact) mass is 396 g/mol. The molecule has 0 N–H and O–H groups in total. The van der Waals surface area contributed by atoms with E-state index in [-0.39, 0.29) is 6.10 Å². The second-order valence-corrected chi connectivity index (χ2v) is 7.14. The van der Waals surface area contributed by atoms with E-state index in [1.165, 1.54) is 6.92 Å². The van der Waals surface area contributed by atoms with Crippen molar-refractivity contribution >= 4 is 25.7 Å². The summed E-state index contributed by atoms with van der Waals surface area (Å²) in [4.78, 5) is 18.9. The van der Waals surface area contributed by atoms with Gasteiger partial charge in [-0.05, 0) is 57.2 Å². The molecule has 0 bridgehead atoms. The van der Waals surface area contributed by atoms with Gasteiger partial charge in [0, 0.05) is 9.59 Å². The van der Waals surface area contributed by atoms with Crippen LogP contribution in [-0.2, 0) is 14.1 Å². The summed E-state index contributed by atoms with van der Waals surface area (Å²) < 4.78 is 23.3. The van der Waals surface area contributed by atoms with Gasteiger partial charge in [0.05, 0.1) is 6.10 Å². The Hall–Kier alpha value is -2.14. The van der Waals surface area contributed by atoms with Crippen molar-refractivity contribution in [3.63, 3.8) is 0 Å². The third-order valence-corrected chi connectivity index (χ3v) is 4.49. The van der Waals surface area contributed by atoms with Gasteiger partial charge >= 0.3 is 14.1 Å². The summed E-state index contributed by atoms with van der Waals surface area (Å²) >= 11 is 5.83. The number of benzene rings is 2. The Morgan fingerprint density at radius 3 is 2.19 bits per heavy atom. The van der Waals surface area contributed by atoms with Gasteiger partial charge in [0.1, 0.15) is 4.83 Å². The summed E-state index contributed by atoms with van der Waals surface area (Å²) in [5.41, 5.74) is 0. The standard InChI is InChI=1S/C18H20ClNO5P/c1-13(2)23-18(21)14(3)20(24-16-7-5-4-6-8-16)26(22)25-17-11-9-15(19)10-12-17/h4-14H,1-3H3/q+1. The lowest BCUT2D eigenvalue weighted by molar-refractivity contribution is -0.158. The summed E-state index contributed by atoms with van der Waals surface area (Å²) in [5.74, 6) is 0.181. The van der Waals surface area contributed by atoms with Gasteiger partial charge in [-0.2, -0.15) is 0 Å². The van der Waals surface area contributed by atoms with Gasteiger partial charge in [-0.25, -0.2) is 4.52 Å². The molecule has 0 aromatic heterocycles. The molecule has 0 amide bonds. The molecular weight excluding hydrogens is 377 g/mol. The molecule has 0 aliphatic carbocycles.